The summed E-state index contributed by atoms with van der Waals surface area (Å²) in [5.74, 6) is 0.540. The van der Waals surface area contributed by atoms with E-state index in [-0.39, 0.29) is 17.8 Å². The minimum Gasteiger partial charge on any atom is -0.497 e. The average Bonchev–Trinajstić information content (AvgIpc) is 3.13. The number of halogens is 1. The SMILES string of the molecule is COc1ccc2cc(C(=O)N3CCC(Nc4ccc(F)cc4)CC3)[nH]c2c1. The number of piperidine rings is 1. The highest BCUT2D eigenvalue weighted by Crippen LogP contribution is 2.23. The summed E-state index contributed by atoms with van der Waals surface area (Å²) >= 11 is 0. The Morgan fingerprint density at radius 2 is 1.89 bits per heavy atom. The number of aromatic nitrogens is 1. The second-order valence-electron chi connectivity index (χ2n) is 6.85. The summed E-state index contributed by atoms with van der Waals surface area (Å²) in [6.07, 6.45) is 1.72. The number of methoxy groups -OCH3 is 1. The molecular weight excluding hydrogens is 345 g/mol. The van der Waals surface area contributed by atoms with Crippen molar-refractivity contribution in [3.8, 4) is 5.75 Å². The standard InChI is InChI=1S/C21H22FN3O2/c1-27-18-7-2-14-12-20(24-19(14)13-18)21(26)25-10-8-17(9-11-25)23-16-5-3-15(22)4-6-16/h2-7,12-13,17,23-24H,8-11H2,1H3. The molecule has 1 aliphatic rings. The first-order chi connectivity index (χ1) is 13.1. The molecule has 2 N–H and O–H groups in total. The first-order valence-electron chi connectivity index (χ1n) is 9.10. The van der Waals surface area contributed by atoms with Crippen molar-refractivity contribution < 1.29 is 13.9 Å². The molecule has 1 fully saturated rings. The number of carbonyl (C=O) groups is 1. The van der Waals surface area contributed by atoms with E-state index in [1.165, 1.54) is 12.1 Å². The van der Waals surface area contributed by atoms with E-state index in [1.54, 1.807) is 19.2 Å². The Labute approximate surface area is 157 Å². The summed E-state index contributed by atoms with van der Waals surface area (Å²) in [5, 5.41) is 4.41. The highest BCUT2D eigenvalue weighted by Gasteiger charge is 2.24. The van der Waals surface area contributed by atoms with Gasteiger partial charge in [-0.2, -0.15) is 0 Å². The predicted octanol–water partition coefficient (Wildman–Crippen LogP) is 4.03. The van der Waals surface area contributed by atoms with E-state index in [2.05, 4.69) is 10.3 Å². The molecular formula is C21H22FN3O2. The third-order valence-corrected chi connectivity index (χ3v) is 5.06. The molecule has 6 heteroatoms. The number of anilines is 1. The van der Waals surface area contributed by atoms with Crippen molar-refractivity contribution in [1.82, 2.24) is 9.88 Å². The first kappa shape index (κ1) is 17.4. The van der Waals surface area contributed by atoms with E-state index in [9.17, 15) is 9.18 Å². The summed E-state index contributed by atoms with van der Waals surface area (Å²) in [7, 11) is 1.63. The van der Waals surface area contributed by atoms with Crippen molar-refractivity contribution in [3.05, 3.63) is 60.0 Å². The number of fused-ring (bicyclic) bond motifs is 1. The summed E-state index contributed by atoms with van der Waals surface area (Å²) in [6, 6.07) is 14.3. The molecule has 0 bridgehead atoms. The lowest BCUT2D eigenvalue weighted by atomic mass is 10.0. The van der Waals surface area contributed by atoms with E-state index >= 15 is 0 Å². The van der Waals surface area contributed by atoms with Crippen molar-refractivity contribution in [3.63, 3.8) is 0 Å². The highest BCUT2D eigenvalue weighted by atomic mass is 19.1. The maximum atomic E-state index is 13.0. The third-order valence-electron chi connectivity index (χ3n) is 5.06. The van der Waals surface area contributed by atoms with Crippen molar-refractivity contribution in [2.24, 2.45) is 0 Å². The topological polar surface area (TPSA) is 57.4 Å². The zero-order valence-corrected chi connectivity index (χ0v) is 15.2. The molecule has 1 aromatic heterocycles. The summed E-state index contributed by atoms with van der Waals surface area (Å²) in [4.78, 5) is 17.9. The van der Waals surface area contributed by atoms with Gasteiger partial charge in [-0.25, -0.2) is 4.39 Å². The van der Waals surface area contributed by atoms with Crippen LogP contribution in [0.5, 0.6) is 5.75 Å². The Bertz CT molecular complexity index is 944. The van der Waals surface area contributed by atoms with Crippen LogP contribution >= 0.6 is 0 Å². The van der Waals surface area contributed by atoms with E-state index in [1.807, 2.05) is 29.2 Å². The zero-order chi connectivity index (χ0) is 18.8. The van der Waals surface area contributed by atoms with Crippen LogP contribution in [0.4, 0.5) is 10.1 Å². The molecule has 0 spiro atoms. The van der Waals surface area contributed by atoms with Crippen LogP contribution in [0.15, 0.2) is 48.5 Å². The first-order valence-corrected chi connectivity index (χ1v) is 9.10. The van der Waals surface area contributed by atoms with Crippen LogP contribution in [0.25, 0.3) is 10.9 Å². The molecule has 4 rings (SSSR count). The average molecular weight is 367 g/mol. The van der Waals surface area contributed by atoms with Gasteiger partial charge in [-0.05, 0) is 55.3 Å². The van der Waals surface area contributed by atoms with E-state index < -0.39 is 0 Å². The highest BCUT2D eigenvalue weighted by molar-refractivity contribution is 5.98. The molecule has 2 aromatic carbocycles. The van der Waals surface area contributed by atoms with Crippen molar-refractivity contribution in [1.29, 1.82) is 0 Å². The van der Waals surface area contributed by atoms with Gasteiger partial charge in [0.05, 0.1) is 7.11 Å². The van der Waals surface area contributed by atoms with Gasteiger partial charge in [-0.15, -0.1) is 0 Å². The fourth-order valence-electron chi connectivity index (χ4n) is 3.53. The lowest BCUT2D eigenvalue weighted by Crippen LogP contribution is -2.42. The van der Waals surface area contributed by atoms with Crippen molar-refractivity contribution >= 4 is 22.5 Å². The number of aromatic amines is 1. The number of benzene rings is 2. The number of nitrogens with zero attached hydrogens (tertiary/aromatic N) is 1. The lowest BCUT2D eigenvalue weighted by Gasteiger charge is -2.32. The number of hydrogen-bond donors (Lipinski definition) is 2. The summed E-state index contributed by atoms with van der Waals surface area (Å²) in [5.41, 5.74) is 2.40. The molecule has 140 valence electrons. The number of carbonyl (C=O) groups excluding carboxylic acids is 1. The molecule has 3 aromatic rings. The largest absolute Gasteiger partial charge is 0.497 e. The minimum atomic E-state index is -0.239. The van der Waals surface area contributed by atoms with Crippen LogP contribution in [-0.4, -0.2) is 42.0 Å². The number of H-pyrrole nitrogens is 1. The Hall–Kier alpha value is -3.02. The zero-order valence-electron chi connectivity index (χ0n) is 15.2. The van der Waals surface area contributed by atoms with E-state index in [4.69, 9.17) is 4.74 Å². The van der Waals surface area contributed by atoms with Gasteiger partial charge in [0.15, 0.2) is 0 Å². The fraction of sp³-hybridized carbons (Fsp3) is 0.286. The minimum absolute atomic E-state index is 0.0189. The molecule has 0 radical (unpaired) electrons. The maximum Gasteiger partial charge on any atom is 0.270 e. The Balaban J connectivity index is 1.39. The molecule has 1 amide bonds. The van der Waals surface area contributed by atoms with Gasteiger partial charge < -0.3 is 19.9 Å². The smallest absolute Gasteiger partial charge is 0.270 e. The summed E-state index contributed by atoms with van der Waals surface area (Å²) < 4.78 is 18.2. The van der Waals surface area contributed by atoms with E-state index in [0.717, 1.165) is 35.2 Å². The molecule has 1 saturated heterocycles. The van der Waals surface area contributed by atoms with Gasteiger partial charge in [-0.3, -0.25) is 4.79 Å². The monoisotopic (exact) mass is 367 g/mol. The lowest BCUT2D eigenvalue weighted by molar-refractivity contribution is 0.0713. The van der Waals surface area contributed by atoms with Crippen molar-refractivity contribution in [2.45, 2.75) is 18.9 Å². The van der Waals surface area contributed by atoms with E-state index in [0.29, 0.717) is 18.8 Å². The molecule has 27 heavy (non-hydrogen) atoms. The molecule has 2 heterocycles. The quantitative estimate of drug-likeness (QED) is 0.732. The summed E-state index contributed by atoms with van der Waals surface area (Å²) in [6.45, 7) is 1.38. The Morgan fingerprint density at radius 1 is 1.15 bits per heavy atom. The molecule has 5 nitrogen and oxygen atoms in total. The van der Waals surface area contributed by atoms with Gasteiger partial charge in [0.1, 0.15) is 17.3 Å². The predicted molar refractivity (Wildman–Crippen MR) is 104 cm³/mol. The number of amides is 1. The second kappa shape index (κ2) is 7.31. The number of rotatable bonds is 4. The Morgan fingerprint density at radius 3 is 2.59 bits per heavy atom. The van der Waals surface area contributed by atoms with Gasteiger partial charge >= 0.3 is 0 Å². The van der Waals surface area contributed by atoms with Crippen LogP contribution < -0.4 is 10.1 Å². The maximum absolute atomic E-state index is 13.0. The molecule has 0 aliphatic carbocycles. The van der Waals surface area contributed by atoms with Gasteiger partial charge in [0.25, 0.3) is 5.91 Å². The van der Waals surface area contributed by atoms with Crippen molar-refractivity contribution in [2.75, 3.05) is 25.5 Å². The van der Waals surface area contributed by atoms with Gasteiger partial charge in [0, 0.05) is 41.8 Å². The van der Waals surface area contributed by atoms with Crippen LogP contribution in [-0.2, 0) is 0 Å². The van der Waals surface area contributed by atoms with Crippen LogP contribution in [0.2, 0.25) is 0 Å². The molecule has 0 atom stereocenters. The molecule has 1 aliphatic heterocycles. The fourth-order valence-corrected chi connectivity index (χ4v) is 3.53. The van der Waals surface area contributed by atoms with Gasteiger partial charge in [-0.1, -0.05) is 0 Å². The normalized spacial score (nSPS) is 15.1. The van der Waals surface area contributed by atoms with Crippen LogP contribution in [0.1, 0.15) is 23.3 Å². The number of nitrogens with one attached hydrogen (secondary N) is 2. The van der Waals surface area contributed by atoms with Gasteiger partial charge in [0.2, 0.25) is 0 Å². The molecule has 0 unspecified atom stereocenters. The van der Waals surface area contributed by atoms with Crippen LogP contribution in [0, 0.1) is 5.82 Å². The number of hydrogen-bond acceptors (Lipinski definition) is 3. The third kappa shape index (κ3) is 3.74. The Kier molecular flexibility index (Phi) is 4.71. The number of likely N-dealkylation sites (tertiary alicyclic amines) is 1. The second-order valence-corrected chi connectivity index (χ2v) is 6.85. The molecule has 0 saturated carbocycles. The number of ether oxygens (including phenoxy) is 1. The van der Waals surface area contributed by atoms with Crippen LogP contribution in [0.3, 0.4) is 0 Å².